The number of imidazole rings is 1. The van der Waals surface area contributed by atoms with Gasteiger partial charge in [-0.25, -0.2) is 4.98 Å². The summed E-state index contributed by atoms with van der Waals surface area (Å²) in [6, 6.07) is 6.21. The fourth-order valence-electron chi connectivity index (χ4n) is 3.40. The molecule has 1 aliphatic rings. The van der Waals surface area contributed by atoms with Gasteiger partial charge in [-0.2, -0.15) is 0 Å². The molecule has 0 aliphatic carbocycles. The van der Waals surface area contributed by atoms with Gasteiger partial charge in [0.25, 0.3) is 5.91 Å². The Bertz CT molecular complexity index is 685. The zero-order valence-corrected chi connectivity index (χ0v) is 14.3. The molecule has 1 amide bonds. The number of carbonyl (C=O) groups is 1. The number of rotatable bonds is 4. The summed E-state index contributed by atoms with van der Waals surface area (Å²) in [4.78, 5) is 22.1. The van der Waals surface area contributed by atoms with Gasteiger partial charge in [0.15, 0.2) is 0 Å². The quantitative estimate of drug-likeness (QED) is 0.870. The summed E-state index contributed by atoms with van der Waals surface area (Å²) < 4.78 is 1.94. The van der Waals surface area contributed by atoms with Gasteiger partial charge in [-0.05, 0) is 51.5 Å². The van der Waals surface area contributed by atoms with Gasteiger partial charge in [-0.15, -0.1) is 0 Å². The minimum absolute atomic E-state index is 0.0988. The number of hydrogen-bond acceptors (Lipinski definition) is 3. The first-order chi connectivity index (χ1) is 11.1. The number of nitrogens with zero attached hydrogens (tertiary/aromatic N) is 4. The van der Waals surface area contributed by atoms with Gasteiger partial charge in [0.1, 0.15) is 11.3 Å². The summed E-state index contributed by atoms with van der Waals surface area (Å²) in [5.41, 5.74) is 2.52. The van der Waals surface area contributed by atoms with E-state index >= 15 is 0 Å². The molecular weight excluding hydrogens is 288 g/mol. The van der Waals surface area contributed by atoms with E-state index in [0.29, 0.717) is 6.04 Å². The highest BCUT2D eigenvalue weighted by atomic mass is 16.2. The molecule has 0 N–H and O–H groups in total. The topological polar surface area (TPSA) is 40.9 Å². The predicted octanol–water partition coefficient (Wildman–Crippen LogP) is 2.45. The molecule has 0 bridgehead atoms. The Balaban J connectivity index is 1.91. The van der Waals surface area contributed by atoms with Crippen molar-refractivity contribution in [1.82, 2.24) is 19.2 Å². The summed E-state index contributed by atoms with van der Waals surface area (Å²) in [5.74, 6) is 0.0988. The molecule has 0 unspecified atom stereocenters. The number of pyridine rings is 1. The van der Waals surface area contributed by atoms with Crippen molar-refractivity contribution in [3.63, 3.8) is 0 Å². The molecule has 1 fully saturated rings. The first-order valence-electron chi connectivity index (χ1n) is 8.53. The van der Waals surface area contributed by atoms with Crippen LogP contribution in [0.1, 0.15) is 42.4 Å². The SMILES string of the molecule is CCCc1nc2ccccn2c1C(=O)N(C)C1CCN(C)CC1. The van der Waals surface area contributed by atoms with Crippen molar-refractivity contribution < 1.29 is 4.79 Å². The number of aromatic nitrogens is 2. The second kappa shape index (κ2) is 6.71. The maximum Gasteiger partial charge on any atom is 0.272 e. The molecule has 0 atom stereocenters. The van der Waals surface area contributed by atoms with Crippen LogP contribution in [-0.4, -0.2) is 58.3 Å². The fraction of sp³-hybridized carbons (Fsp3) is 0.556. The number of likely N-dealkylation sites (tertiary alicyclic amines) is 1. The number of piperidine rings is 1. The zero-order chi connectivity index (χ0) is 16.4. The maximum absolute atomic E-state index is 13.1. The minimum atomic E-state index is 0.0988. The van der Waals surface area contributed by atoms with Crippen molar-refractivity contribution in [1.29, 1.82) is 0 Å². The molecule has 0 spiro atoms. The summed E-state index contributed by atoms with van der Waals surface area (Å²) in [7, 11) is 4.08. The van der Waals surface area contributed by atoms with Gasteiger partial charge in [0.05, 0.1) is 5.69 Å². The van der Waals surface area contributed by atoms with E-state index in [1.165, 1.54) is 0 Å². The van der Waals surface area contributed by atoms with Crippen LogP contribution in [0.4, 0.5) is 0 Å². The van der Waals surface area contributed by atoms with Crippen LogP contribution in [-0.2, 0) is 6.42 Å². The van der Waals surface area contributed by atoms with Crippen LogP contribution in [0.5, 0.6) is 0 Å². The van der Waals surface area contributed by atoms with Crippen molar-refractivity contribution >= 4 is 11.6 Å². The van der Waals surface area contributed by atoms with Crippen LogP contribution in [0.2, 0.25) is 0 Å². The Labute approximate surface area is 137 Å². The normalized spacial score (nSPS) is 16.8. The van der Waals surface area contributed by atoms with Gasteiger partial charge >= 0.3 is 0 Å². The monoisotopic (exact) mass is 314 g/mol. The second-order valence-corrected chi connectivity index (χ2v) is 6.54. The third-order valence-electron chi connectivity index (χ3n) is 4.85. The van der Waals surface area contributed by atoms with E-state index in [1.54, 1.807) is 0 Å². The van der Waals surface area contributed by atoms with Gasteiger partial charge < -0.3 is 9.80 Å². The largest absolute Gasteiger partial charge is 0.337 e. The van der Waals surface area contributed by atoms with Gasteiger partial charge in [0.2, 0.25) is 0 Å². The summed E-state index contributed by atoms with van der Waals surface area (Å²) in [5, 5.41) is 0. The van der Waals surface area contributed by atoms with Crippen LogP contribution in [0.15, 0.2) is 24.4 Å². The minimum Gasteiger partial charge on any atom is -0.337 e. The van der Waals surface area contributed by atoms with E-state index in [2.05, 4.69) is 23.9 Å². The predicted molar refractivity (Wildman–Crippen MR) is 91.8 cm³/mol. The van der Waals surface area contributed by atoms with E-state index in [4.69, 9.17) is 0 Å². The van der Waals surface area contributed by atoms with E-state index in [-0.39, 0.29) is 5.91 Å². The molecule has 1 aliphatic heterocycles. The van der Waals surface area contributed by atoms with E-state index < -0.39 is 0 Å². The smallest absolute Gasteiger partial charge is 0.272 e. The molecule has 0 saturated carbocycles. The molecule has 23 heavy (non-hydrogen) atoms. The summed E-state index contributed by atoms with van der Waals surface area (Å²) in [6.45, 7) is 4.23. The van der Waals surface area contributed by atoms with Gasteiger partial charge in [-0.3, -0.25) is 9.20 Å². The molecule has 5 heteroatoms. The van der Waals surface area contributed by atoms with Crippen molar-refractivity contribution in [2.24, 2.45) is 0 Å². The van der Waals surface area contributed by atoms with Gasteiger partial charge in [-0.1, -0.05) is 19.4 Å². The third kappa shape index (κ3) is 3.11. The highest BCUT2D eigenvalue weighted by Gasteiger charge is 2.28. The van der Waals surface area contributed by atoms with Crippen molar-refractivity contribution in [2.45, 2.75) is 38.6 Å². The third-order valence-corrected chi connectivity index (χ3v) is 4.85. The Morgan fingerprint density at radius 1 is 1.35 bits per heavy atom. The Kier molecular flexibility index (Phi) is 4.66. The Morgan fingerprint density at radius 3 is 2.78 bits per heavy atom. The Hall–Kier alpha value is -1.88. The lowest BCUT2D eigenvalue weighted by Crippen LogP contribution is -2.45. The van der Waals surface area contributed by atoms with Crippen molar-refractivity contribution in [3.05, 3.63) is 35.8 Å². The fourth-order valence-corrected chi connectivity index (χ4v) is 3.40. The van der Waals surface area contributed by atoms with E-state index in [0.717, 1.165) is 55.8 Å². The average molecular weight is 314 g/mol. The zero-order valence-electron chi connectivity index (χ0n) is 14.3. The molecule has 3 heterocycles. The van der Waals surface area contributed by atoms with Gasteiger partial charge in [0, 0.05) is 19.3 Å². The standard InChI is InChI=1S/C18H26N4O/c1-4-7-15-17(22-11-6-5-8-16(22)19-15)18(23)21(3)14-9-12-20(2)13-10-14/h5-6,8,11,14H,4,7,9-10,12-13H2,1-3H3. The van der Waals surface area contributed by atoms with E-state index in [9.17, 15) is 4.79 Å². The number of hydrogen-bond donors (Lipinski definition) is 0. The molecular formula is C18H26N4O. The number of aryl methyl sites for hydroxylation is 1. The number of carbonyl (C=O) groups excluding carboxylic acids is 1. The lowest BCUT2D eigenvalue weighted by atomic mass is 10.0. The first-order valence-corrected chi connectivity index (χ1v) is 8.53. The lowest BCUT2D eigenvalue weighted by Gasteiger charge is -2.35. The highest BCUT2D eigenvalue weighted by Crippen LogP contribution is 2.20. The van der Waals surface area contributed by atoms with Crippen LogP contribution in [0.3, 0.4) is 0 Å². The summed E-state index contributed by atoms with van der Waals surface area (Å²) >= 11 is 0. The molecule has 5 nitrogen and oxygen atoms in total. The molecule has 124 valence electrons. The molecule has 1 saturated heterocycles. The molecule has 2 aromatic rings. The molecule has 0 aromatic carbocycles. The molecule has 2 aromatic heterocycles. The van der Waals surface area contributed by atoms with Crippen LogP contribution < -0.4 is 0 Å². The first kappa shape index (κ1) is 16.0. The maximum atomic E-state index is 13.1. The number of fused-ring (bicyclic) bond motifs is 1. The van der Waals surface area contributed by atoms with Crippen LogP contribution >= 0.6 is 0 Å². The van der Waals surface area contributed by atoms with Crippen molar-refractivity contribution in [2.75, 3.05) is 27.2 Å². The highest BCUT2D eigenvalue weighted by molar-refractivity contribution is 5.94. The van der Waals surface area contributed by atoms with Crippen molar-refractivity contribution in [3.8, 4) is 0 Å². The van der Waals surface area contributed by atoms with Crippen LogP contribution in [0, 0.1) is 0 Å². The second-order valence-electron chi connectivity index (χ2n) is 6.54. The molecule has 3 rings (SSSR count). The lowest BCUT2D eigenvalue weighted by molar-refractivity contribution is 0.0651. The van der Waals surface area contributed by atoms with E-state index in [1.807, 2.05) is 40.7 Å². The molecule has 0 radical (unpaired) electrons. The Morgan fingerprint density at radius 2 is 2.09 bits per heavy atom. The number of amides is 1. The van der Waals surface area contributed by atoms with Crippen LogP contribution in [0.25, 0.3) is 5.65 Å². The average Bonchev–Trinajstić information content (AvgIpc) is 2.92. The summed E-state index contributed by atoms with van der Waals surface area (Å²) in [6.07, 6.45) is 5.85.